The molecule has 1 amide bonds. The fourth-order valence-electron chi connectivity index (χ4n) is 1.41. The molecule has 0 N–H and O–H groups in total. The summed E-state index contributed by atoms with van der Waals surface area (Å²) in [6.07, 6.45) is -1.86. The second-order valence-electron chi connectivity index (χ2n) is 3.84. The molecule has 5 nitrogen and oxygen atoms in total. The highest BCUT2D eigenvalue weighted by molar-refractivity contribution is 5.82. The van der Waals surface area contributed by atoms with Crippen LogP contribution in [-0.4, -0.2) is 56.1 Å². The Kier molecular flexibility index (Phi) is 9.97. The van der Waals surface area contributed by atoms with Crippen LogP contribution in [0.5, 0.6) is 0 Å². The predicted octanol–water partition coefficient (Wildman–Crippen LogP) is 1.46. The molecular formula is C12H21F2NO4. The predicted molar refractivity (Wildman–Crippen MR) is 64.9 cm³/mol. The van der Waals surface area contributed by atoms with Gasteiger partial charge in [-0.05, 0) is 13.3 Å². The van der Waals surface area contributed by atoms with E-state index >= 15 is 0 Å². The Labute approximate surface area is 111 Å². The maximum Gasteiger partial charge on any atom is 0.325 e. The minimum Gasteiger partial charge on any atom is -0.465 e. The maximum atomic E-state index is 11.8. The fraction of sp³-hybridized carbons (Fsp3) is 0.833. The highest BCUT2D eigenvalue weighted by atomic mass is 19.3. The molecule has 112 valence electrons. The van der Waals surface area contributed by atoms with Crippen LogP contribution in [0, 0.1) is 0 Å². The van der Waals surface area contributed by atoms with Crippen LogP contribution in [0.2, 0.25) is 0 Å². The van der Waals surface area contributed by atoms with Crippen molar-refractivity contribution >= 4 is 11.9 Å². The smallest absolute Gasteiger partial charge is 0.325 e. The van der Waals surface area contributed by atoms with Crippen LogP contribution in [0.15, 0.2) is 0 Å². The van der Waals surface area contributed by atoms with Gasteiger partial charge >= 0.3 is 5.97 Å². The Balaban J connectivity index is 4.06. The van der Waals surface area contributed by atoms with E-state index in [0.717, 1.165) is 0 Å². The molecule has 0 aliphatic carbocycles. The topological polar surface area (TPSA) is 55.8 Å². The van der Waals surface area contributed by atoms with Crippen molar-refractivity contribution in [1.29, 1.82) is 0 Å². The van der Waals surface area contributed by atoms with Crippen molar-refractivity contribution in [2.75, 3.05) is 32.9 Å². The van der Waals surface area contributed by atoms with Gasteiger partial charge in [-0.25, -0.2) is 8.78 Å². The molecule has 0 aliphatic heterocycles. The van der Waals surface area contributed by atoms with Gasteiger partial charge in [-0.2, -0.15) is 0 Å². The fourth-order valence-corrected chi connectivity index (χ4v) is 1.41. The zero-order valence-electron chi connectivity index (χ0n) is 11.4. The van der Waals surface area contributed by atoms with Crippen LogP contribution in [0.3, 0.4) is 0 Å². The van der Waals surface area contributed by atoms with Gasteiger partial charge in [-0.1, -0.05) is 6.92 Å². The molecule has 0 aromatic carbocycles. The average Bonchev–Trinajstić information content (AvgIpc) is 2.34. The van der Waals surface area contributed by atoms with E-state index in [0.29, 0.717) is 13.0 Å². The highest BCUT2D eigenvalue weighted by Gasteiger charge is 2.17. The third-order valence-corrected chi connectivity index (χ3v) is 2.18. The summed E-state index contributed by atoms with van der Waals surface area (Å²) in [6, 6.07) is 0. The summed E-state index contributed by atoms with van der Waals surface area (Å²) in [7, 11) is 0. The first-order valence-corrected chi connectivity index (χ1v) is 6.30. The third kappa shape index (κ3) is 9.35. The number of halogens is 2. The average molecular weight is 281 g/mol. The van der Waals surface area contributed by atoms with Gasteiger partial charge in [0.2, 0.25) is 5.91 Å². The number of hydrogen-bond donors (Lipinski definition) is 0. The second-order valence-corrected chi connectivity index (χ2v) is 3.84. The van der Waals surface area contributed by atoms with Crippen LogP contribution in [0.4, 0.5) is 8.78 Å². The molecule has 0 rings (SSSR count). The van der Waals surface area contributed by atoms with Crippen molar-refractivity contribution in [2.45, 2.75) is 33.1 Å². The van der Waals surface area contributed by atoms with Gasteiger partial charge in [0.15, 0.2) is 0 Å². The number of rotatable bonds is 10. The number of hydrogen-bond acceptors (Lipinski definition) is 4. The molecule has 0 unspecified atom stereocenters. The summed E-state index contributed by atoms with van der Waals surface area (Å²) >= 11 is 0. The van der Waals surface area contributed by atoms with Crippen LogP contribution < -0.4 is 0 Å². The van der Waals surface area contributed by atoms with Crippen molar-refractivity contribution < 1.29 is 27.8 Å². The van der Waals surface area contributed by atoms with Crippen LogP contribution in [0.1, 0.15) is 26.7 Å². The molecule has 19 heavy (non-hydrogen) atoms. The highest BCUT2D eigenvalue weighted by Crippen LogP contribution is 2.00. The van der Waals surface area contributed by atoms with Crippen molar-refractivity contribution in [3.05, 3.63) is 0 Å². The number of ether oxygens (including phenoxy) is 2. The molecular weight excluding hydrogens is 260 g/mol. The molecule has 0 bridgehead atoms. The lowest BCUT2D eigenvalue weighted by Gasteiger charge is -2.21. The summed E-state index contributed by atoms with van der Waals surface area (Å²) in [5, 5.41) is 0. The number of alkyl halides is 2. The van der Waals surface area contributed by atoms with Crippen LogP contribution >= 0.6 is 0 Å². The molecule has 7 heteroatoms. The Bertz CT molecular complexity index is 274. The Morgan fingerprint density at radius 2 is 1.95 bits per heavy atom. The second kappa shape index (κ2) is 10.7. The van der Waals surface area contributed by atoms with E-state index in [4.69, 9.17) is 4.74 Å². The van der Waals surface area contributed by atoms with E-state index in [1.807, 2.05) is 6.92 Å². The molecule has 0 fully saturated rings. The van der Waals surface area contributed by atoms with Crippen molar-refractivity contribution in [2.24, 2.45) is 0 Å². The van der Waals surface area contributed by atoms with Gasteiger partial charge in [-0.15, -0.1) is 0 Å². The molecule has 0 aromatic rings. The largest absolute Gasteiger partial charge is 0.465 e. The van der Waals surface area contributed by atoms with E-state index in [1.54, 1.807) is 6.92 Å². The third-order valence-electron chi connectivity index (χ3n) is 2.18. The minimum atomic E-state index is -2.54. The minimum absolute atomic E-state index is 0.0217. The van der Waals surface area contributed by atoms with Gasteiger partial charge in [0, 0.05) is 6.54 Å². The monoisotopic (exact) mass is 281 g/mol. The molecule has 0 heterocycles. The van der Waals surface area contributed by atoms with Crippen LogP contribution in [-0.2, 0) is 19.1 Å². The van der Waals surface area contributed by atoms with Crippen molar-refractivity contribution in [3.8, 4) is 0 Å². The summed E-state index contributed by atoms with van der Waals surface area (Å²) in [4.78, 5) is 24.4. The molecule has 0 aromatic heterocycles. The summed E-state index contributed by atoms with van der Waals surface area (Å²) in [5.74, 6) is -0.776. The molecule has 0 saturated carbocycles. The first kappa shape index (κ1) is 17.8. The van der Waals surface area contributed by atoms with E-state index in [-0.39, 0.29) is 32.1 Å². The van der Waals surface area contributed by atoms with Gasteiger partial charge in [0.25, 0.3) is 6.43 Å². The number of amides is 1. The zero-order valence-corrected chi connectivity index (χ0v) is 11.4. The SMILES string of the molecule is CCCN(CC(=O)OCC)C(=O)CCOCC(F)F. The Morgan fingerprint density at radius 3 is 2.47 bits per heavy atom. The number of esters is 1. The normalized spacial score (nSPS) is 10.6. The Hall–Kier alpha value is -1.24. The molecule has 0 radical (unpaired) electrons. The van der Waals surface area contributed by atoms with E-state index < -0.39 is 19.0 Å². The van der Waals surface area contributed by atoms with Gasteiger partial charge in [-0.3, -0.25) is 9.59 Å². The zero-order chi connectivity index (χ0) is 14.7. The lowest BCUT2D eigenvalue weighted by molar-refractivity contribution is -0.149. The lowest BCUT2D eigenvalue weighted by Crippen LogP contribution is -2.37. The number of nitrogens with zero attached hydrogens (tertiary/aromatic N) is 1. The van der Waals surface area contributed by atoms with Gasteiger partial charge in [0.1, 0.15) is 13.2 Å². The quantitative estimate of drug-likeness (QED) is 0.449. The standard InChI is InChI=1S/C12H21F2NO4/c1-3-6-15(8-12(17)19-4-2)11(16)5-7-18-9-10(13)14/h10H,3-9H2,1-2H3. The Morgan fingerprint density at radius 1 is 1.26 bits per heavy atom. The maximum absolute atomic E-state index is 11.8. The molecule has 0 saturated heterocycles. The van der Waals surface area contributed by atoms with Crippen molar-refractivity contribution in [3.63, 3.8) is 0 Å². The number of carbonyl (C=O) groups excluding carboxylic acids is 2. The lowest BCUT2D eigenvalue weighted by atomic mass is 10.3. The van der Waals surface area contributed by atoms with Gasteiger partial charge in [0.05, 0.1) is 19.6 Å². The first-order valence-electron chi connectivity index (χ1n) is 6.30. The molecule has 0 spiro atoms. The van der Waals surface area contributed by atoms with Gasteiger partial charge < -0.3 is 14.4 Å². The van der Waals surface area contributed by atoms with Crippen LogP contribution in [0.25, 0.3) is 0 Å². The van der Waals surface area contributed by atoms with E-state index in [9.17, 15) is 18.4 Å². The summed E-state index contributed by atoms with van der Waals surface area (Å²) < 4.78 is 33.0. The number of carbonyl (C=O) groups is 2. The van der Waals surface area contributed by atoms with E-state index in [1.165, 1.54) is 4.90 Å². The molecule has 0 aliphatic rings. The molecule has 0 atom stereocenters. The first-order chi connectivity index (χ1) is 9.01. The van der Waals surface area contributed by atoms with E-state index in [2.05, 4.69) is 4.74 Å². The summed E-state index contributed by atoms with van der Waals surface area (Å²) in [5.41, 5.74) is 0. The van der Waals surface area contributed by atoms with Crippen molar-refractivity contribution in [1.82, 2.24) is 4.90 Å². The summed E-state index contributed by atoms with van der Waals surface area (Å²) in [6.45, 7) is 3.36.